The number of benzene rings is 1. The molecule has 2 aromatic rings. The molecule has 140 valence electrons. The molecular weight excluding hydrogens is 345 g/mol. The Morgan fingerprint density at radius 2 is 2.22 bits per heavy atom. The number of carbonyl (C=O) groups excluding carboxylic acids is 1. The van der Waals surface area contributed by atoms with Crippen molar-refractivity contribution in [3.63, 3.8) is 0 Å². The standard InChI is InChI=1S/C20H22FN5O/c21-17-5-1-4-16-18(6-8-23-20(16)17)24-14-7-10-25(12-14)13-19(27)26-9-2-3-15(26)11-22/h1,4-6,8,14-15H,2-3,7,9-10,12-13H2,(H,23,24)/t14-,15+/m1/s1. The fourth-order valence-corrected chi connectivity index (χ4v) is 4.06. The Labute approximate surface area is 157 Å². The molecule has 2 saturated heterocycles. The number of nitrogens with one attached hydrogen (secondary N) is 1. The number of hydrogen-bond donors (Lipinski definition) is 1. The number of carbonyl (C=O) groups is 1. The molecule has 27 heavy (non-hydrogen) atoms. The van der Waals surface area contributed by atoms with Crippen LogP contribution in [-0.2, 0) is 4.79 Å². The highest BCUT2D eigenvalue weighted by molar-refractivity contribution is 5.91. The molecule has 2 aliphatic rings. The van der Waals surface area contributed by atoms with Crippen molar-refractivity contribution in [2.75, 3.05) is 31.5 Å². The summed E-state index contributed by atoms with van der Waals surface area (Å²) in [5, 5.41) is 13.4. The fourth-order valence-electron chi connectivity index (χ4n) is 4.06. The van der Waals surface area contributed by atoms with Gasteiger partial charge in [0.2, 0.25) is 5.91 Å². The number of aromatic nitrogens is 1. The van der Waals surface area contributed by atoms with Crippen LogP contribution in [-0.4, -0.2) is 59.0 Å². The molecule has 0 aliphatic carbocycles. The molecule has 0 saturated carbocycles. The van der Waals surface area contributed by atoms with Crippen molar-refractivity contribution in [2.24, 2.45) is 0 Å². The second-order valence-corrected chi connectivity index (χ2v) is 7.23. The largest absolute Gasteiger partial charge is 0.380 e. The van der Waals surface area contributed by atoms with E-state index < -0.39 is 0 Å². The molecule has 2 aliphatic heterocycles. The summed E-state index contributed by atoms with van der Waals surface area (Å²) in [5.41, 5.74) is 1.23. The van der Waals surface area contributed by atoms with Crippen molar-refractivity contribution in [3.8, 4) is 6.07 Å². The third-order valence-electron chi connectivity index (χ3n) is 5.43. The van der Waals surface area contributed by atoms with Crippen molar-refractivity contribution in [1.82, 2.24) is 14.8 Å². The Morgan fingerprint density at radius 3 is 3.07 bits per heavy atom. The SMILES string of the molecule is N#C[C@@H]1CCCN1C(=O)CN1CC[C@@H](Nc2ccnc3c(F)cccc23)C1. The van der Waals surface area contributed by atoms with Crippen LogP contribution < -0.4 is 5.32 Å². The smallest absolute Gasteiger partial charge is 0.237 e. The van der Waals surface area contributed by atoms with Crippen molar-refractivity contribution < 1.29 is 9.18 Å². The van der Waals surface area contributed by atoms with Gasteiger partial charge < -0.3 is 10.2 Å². The maximum absolute atomic E-state index is 13.9. The zero-order valence-corrected chi connectivity index (χ0v) is 15.1. The minimum absolute atomic E-state index is 0.0381. The molecule has 7 heteroatoms. The molecule has 6 nitrogen and oxygen atoms in total. The van der Waals surface area contributed by atoms with Crippen LogP contribution in [0.3, 0.4) is 0 Å². The molecule has 1 N–H and O–H groups in total. The third-order valence-corrected chi connectivity index (χ3v) is 5.43. The lowest BCUT2D eigenvalue weighted by Crippen LogP contribution is -2.42. The number of fused-ring (bicyclic) bond motifs is 1. The highest BCUT2D eigenvalue weighted by Gasteiger charge is 2.31. The van der Waals surface area contributed by atoms with E-state index in [1.807, 2.05) is 12.1 Å². The number of halogens is 1. The second-order valence-electron chi connectivity index (χ2n) is 7.23. The molecule has 0 spiro atoms. The van der Waals surface area contributed by atoms with Gasteiger partial charge in [0.25, 0.3) is 0 Å². The van der Waals surface area contributed by atoms with Crippen molar-refractivity contribution in [1.29, 1.82) is 5.26 Å². The molecule has 2 fully saturated rings. The van der Waals surface area contributed by atoms with E-state index in [0.717, 1.165) is 43.4 Å². The molecule has 4 rings (SSSR count). The van der Waals surface area contributed by atoms with E-state index in [9.17, 15) is 9.18 Å². The highest BCUT2D eigenvalue weighted by atomic mass is 19.1. The lowest BCUT2D eigenvalue weighted by atomic mass is 10.1. The number of hydrogen-bond acceptors (Lipinski definition) is 5. The normalized spacial score (nSPS) is 22.9. The molecule has 0 radical (unpaired) electrons. The van der Waals surface area contributed by atoms with E-state index >= 15 is 0 Å². The average molecular weight is 367 g/mol. The van der Waals surface area contributed by atoms with Gasteiger partial charge in [-0.25, -0.2) is 4.39 Å². The molecule has 3 heterocycles. The first kappa shape index (κ1) is 17.7. The molecule has 0 bridgehead atoms. The Kier molecular flexibility index (Phi) is 4.90. The Balaban J connectivity index is 1.39. The number of rotatable bonds is 4. The van der Waals surface area contributed by atoms with Crippen LogP contribution in [0.1, 0.15) is 19.3 Å². The quantitative estimate of drug-likeness (QED) is 0.898. The lowest BCUT2D eigenvalue weighted by Gasteiger charge is -2.23. The summed E-state index contributed by atoms with van der Waals surface area (Å²) >= 11 is 0. The van der Waals surface area contributed by atoms with E-state index in [1.165, 1.54) is 6.07 Å². The first-order valence-corrected chi connectivity index (χ1v) is 9.37. The van der Waals surface area contributed by atoms with E-state index in [0.29, 0.717) is 18.6 Å². The molecule has 1 aromatic carbocycles. The van der Waals surface area contributed by atoms with Gasteiger partial charge >= 0.3 is 0 Å². The monoisotopic (exact) mass is 367 g/mol. The fraction of sp³-hybridized carbons (Fsp3) is 0.450. The zero-order chi connectivity index (χ0) is 18.8. The summed E-state index contributed by atoms with van der Waals surface area (Å²) in [7, 11) is 0. The van der Waals surface area contributed by atoms with Crippen molar-refractivity contribution >= 4 is 22.5 Å². The summed E-state index contributed by atoms with van der Waals surface area (Å²) in [4.78, 5) is 20.5. The van der Waals surface area contributed by atoms with Crippen LogP contribution >= 0.6 is 0 Å². The summed E-state index contributed by atoms with van der Waals surface area (Å²) < 4.78 is 13.9. The first-order chi connectivity index (χ1) is 13.2. The second kappa shape index (κ2) is 7.49. The summed E-state index contributed by atoms with van der Waals surface area (Å²) in [5.74, 6) is -0.288. The van der Waals surface area contributed by atoms with Gasteiger partial charge in [0.15, 0.2) is 0 Å². The molecule has 1 aromatic heterocycles. The third kappa shape index (κ3) is 3.58. The number of likely N-dealkylation sites (tertiary alicyclic amines) is 2. The number of anilines is 1. The van der Waals surface area contributed by atoms with Gasteiger partial charge in [-0.15, -0.1) is 0 Å². The van der Waals surface area contributed by atoms with E-state index in [2.05, 4.69) is 21.3 Å². The van der Waals surface area contributed by atoms with Crippen LogP contribution in [0.5, 0.6) is 0 Å². The van der Waals surface area contributed by atoms with Crippen molar-refractivity contribution in [3.05, 3.63) is 36.3 Å². The van der Waals surface area contributed by atoms with Gasteiger partial charge in [-0.05, 0) is 31.4 Å². The maximum atomic E-state index is 13.9. The summed E-state index contributed by atoms with van der Waals surface area (Å²) in [6.45, 7) is 2.60. The van der Waals surface area contributed by atoms with Crippen LogP contribution in [0, 0.1) is 17.1 Å². The van der Waals surface area contributed by atoms with Gasteiger partial charge in [0.1, 0.15) is 17.4 Å². The Bertz CT molecular complexity index is 896. The predicted octanol–water partition coefficient (Wildman–Crippen LogP) is 2.37. The van der Waals surface area contributed by atoms with Gasteiger partial charge in [0.05, 0.1) is 12.6 Å². The van der Waals surface area contributed by atoms with Gasteiger partial charge in [-0.1, -0.05) is 12.1 Å². The van der Waals surface area contributed by atoms with Crippen molar-refractivity contribution in [2.45, 2.75) is 31.3 Å². The average Bonchev–Trinajstić information content (AvgIpc) is 3.32. The molecule has 0 unspecified atom stereocenters. The molecular formula is C20H22FN5O. The molecule has 1 amide bonds. The topological polar surface area (TPSA) is 72.3 Å². The number of nitriles is 1. The Hall–Kier alpha value is -2.72. The predicted molar refractivity (Wildman–Crippen MR) is 101 cm³/mol. The number of pyridine rings is 1. The van der Waals surface area contributed by atoms with Gasteiger partial charge in [-0.3, -0.25) is 14.7 Å². The van der Waals surface area contributed by atoms with Gasteiger partial charge in [-0.2, -0.15) is 5.26 Å². The van der Waals surface area contributed by atoms with Crippen LogP contribution in [0.15, 0.2) is 30.5 Å². The first-order valence-electron chi connectivity index (χ1n) is 9.37. The van der Waals surface area contributed by atoms with Crippen LogP contribution in [0.2, 0.25) is 0 Å². The number of amides is 1. The Morgan fingerprint density at radius 1 is 1.33 bits per heavy atom. The van der Waals surface area contributed by atoms with E-state index in [1.54, 1.807) is 17.2 Å². The lowest BCUT2D eigenvalue weighted by molar-refractivity contribution is -0.132. The maximum Gasteiger partial charge on any atom is 0.237 e. The minimum Gasteiger partial charge on any atom is -0.380 e. The van der Waals surface area contributed by atoms with Crippen LogP contribution in [0.4, 0.5) is 10.1 Å². The molecule has 2 atom stereocenters. The number of nitrogens with zero attached hydrogens (tertiary/aromatic N) is 4. The zero-order valence-electron chi connectivity index (χ0n) is 15.1. The minimum atomic E-state index is -0.326. The van der Waals surface area contributed by atoms with E-state index in [-0.39, 0.29) is 23.8 Å². The summed E-state index contributed by atoms with van der Waals surface area (Å²) in [6, 6.07) is 8.96. The number of para-hydroxylation sites is 1. The summed E-state index contributed by atoms with van der Waals surface area (Å²) in [6.07, 6.45) is 4.20. The highest BCUT2D eigenvalue weighted by Crippen LogP contribution is 2.26. The van der Waals surface area contributed by atoms with Gasteiger partial charge in [0, 0.05) is 42.9 Å². The van der Waals surface area contributed by atoms with Crippen LogP contribution in [0.25, 0.3) is 10.9 Å². The van der Waals surface area contributed by atoms with E-state index in [4.69, 9.17) is 5.26 Å².